The van der Waals surface area contributed by atoms with Crippen LogP contribution in [-0.2, 0) is 28.0 Å². The van der Waals surface area contributed by atoms with Gasteiger partial charge in [0.2, 0.25) is 5.78 Å². The van der Waals surface area contributed by atoms with Crippen molar-refractivity contribution in [3.05, 3.63) is 0 Å². The average molecular weight is 485 g/mol. The molecular formula is C24H44O6Si2. The van der Waals surface area contributed by atoms with Crippen LogP contribution in [0.4, 0.5) is 0 Å². The number of rotatable bonds is 6. The third-order valence-electron chi connectivity index (χ3n) is 7.78. The number of ketones is 2. The molecule has 0 aromatic carbocycles. The molecule has 0 spiro atoms. The number of carbonyl (C=O) groups is 3. The van der Waals surface area contributed by atoms with E-state index in [-0.39, 0.29) is 41.1 Å². The summed E-state index contributed by atoms with van der Waals surface area (Å²) in [6, 6.07) is 0. The standard InChI is InChI=1S/C24H44O6Si2/c1-15-19(29-32(10,11)23(3,4)5)14-17-20(15)21(28-22(27)16(2)25)18(26)12-13-24(17,6)30-31(7,8)9/h15,17,19-21H,12-14H2,1-11H3/t15-,17-,19+,20+,21+,24-/m1/s1. The molecule has 2 saturated carbocycles. The van der Waals surface area contributed by atoms with Gasteiger partial charge >= 0.3 is 5.97 Å². The van der Waals surface area contributed by atoms with Gasteiger partial charge in [-0.05, 0) is 69.4 Å². The smallest absolute Gasteiger partial charge is 0.375 e. The fourth-order valence-electron chi connectivity index (χ4n) is 5.17. The molecule has 0 aromatic rings. The number of ether oxygens (including phenoxy) is 1. The van der Waals surface area contributed by atoms with Gasteiger partial charge in [0.15, 0.2) is 28.5 Å². The largest absolute Gasteiger partial charge is 0.448 e. The van der Waals surface area contributed by atoms with Crippen molar-refractivity contribution < 1.29 is 28.0 Å². The fourth-order valence-corrected chi connectivity index (χ4v) is 8.25. The second-order valence-corrected chi connectivity index (χ2v) is 21.8. The summed E-state index contributed by atoms with van der Waals surface area (Å²) in [6.07, 6.45) is 0.669. The Bertz CT molecular complexity index is 751. The number of Topliss-reactive ketones (excluding diaryl/α,β-unsaturated/α-hetero) is 2. The number of hydrogen-bond donors (Lipinski definition) is 0. The zero-order chi connectivity index (χ0) is 24.9. The van der Waals surface area contributed by atoms with Crippen LogP contribution in [0.3, 0.4) is 0 Å². The van der Waals surface area contributed by atoms with Gasteiger partial charge in [-0.25, -0.2) is 4.79 Å². The Morgan fingerprint density at radius 1 is 1.09 bits per heavy atom. The Kier molecular flexibility index (Phi) is 7.77. The molecule has 0 bridgehead atoms. The van der Waals surface area contributed by atoms with Crippen LogP contribution in [0.2, 0.25) is 37.8 Å². The topological polar surface area (TPSA) is 78.9 Å². The molecule has 0 aliphatic heterocycles. The monoisotopic (exact) mass is 484 g/mol. The minimum absolute atomic E-state index is 0.00509. The molecule has 0 aromatic heterocycles. The normalized spacial score (nSPS) is 34.1. The second kappa shape index (κ2) is 9.08. The van der Waals surface area contributed by atoms with Crippen molar-refractivity contribution in [2.45, 2.75) is 116 Å². The minimum Gasteiger partial charge on any atom is -0.448 e. The molecule has 6 atom stereocenters. The van der Waals surface area contributed by atoms with Crippen molar-refractivity contribution in [1.82, 2.24) is 0 Å². The van der Waals surface area contributed by atoms with Gasteiger partial charge in [0.05, 0.1) is 5.60 Å². The van der Waals surface area contributed by atoms with Crippen LogP contribution in [0.25, 0.3) is 0 Å². The van der Waals surface area contributed by atoms with Crippen molar-refractivity contribution in [3.63, 3.8) is 0 Å². The van der Waals surface area contributed by atoms with Crippen LogP contribution >= 0.6 is 0 Å². The van der Waals surface area contributed by atoms with Gasteiger partial charge in [-0.3, -0.25) is 9.59 Å². The van der Waals surface area contributed by atoms with Gasteiger partial charge in [0, 0.05) is 25.4 Å². The minimum atomic E-state index is -2.05. The quantitative estimate of drug-likeness (QED) is 0.296. The lowest BCUT2D eigenvalue weighted by Crippen LogP contribution is -2.48. The molecule has 0 amide bonds. The van der Waals surface area contributed by atoms with Crippen LogP contribution in [-0.4, -0.2) is 52.0 Å². The fraction of sp³-hybridized carbons (Fsp3) is 0.875. The Balaban J connectivity index is 2.49. The zero-order valence-corrected chi connectivity index (χ0v) is 24.0. The van der Waals surface area contributed by atoms with Gasteiger partial charge in [-0.2, -0.15) is 0 Å². The van der Waals surface area contributed by atoms with Gasteiger partial charge in [-0.15, -0.1) is 0 Å². The van der Waals surface area contributed by atoms with E-state index in [2.05, 4.69) is 67.4 Å². The van der Waals surface area contributed by atoms with Gasteiger partial charge in [0.1, 0.15) is 0 Å². The molecule has 0 unspecified atom stereocenters. The van der Waals surface area contributed by atoms with Crippen molar-refractivity contribution in [2.75, 3.05) is 0 Å². The third-order valence-corrected chi connectivity index (χ3v) is 13.4. The van der Waals surface area contributed by atoms with Crippen molar-refractivity contribution in [2.24, 2.45) is 17.8 Å². The maximum Gasteiger partial charge on any atom is 0.375 e. The molecule has 0 radical (unpaired) electrons. The first-order chi connectivity index (χ1) is 14.3. The molecule has 8 heteroatoms. The summed E-state index contributed by atoms with van der Waals surface area (Å²) >= 11 is 0. The van der Waals surface area contributed by atoms with E-state index in [1.165, 1.54) is 6.92 Å². The molecule has 184 valence electrons. The van der Waals surface area contributed by atoms with Crippen LogP contribution in [0.15, 0.2) is 0 Å². The molecule has 0 heterocycles. The summed E-state index contributed by atoms with van der Waals surface area (Å²) in [7, 11) is -3.97. The van der Waals surface area contributed by atoms with Crippen LogP contribution in [0.1, 0.15) is 60.8 Å². The van der Waals surface area contributed by atoms with E-state index < -0.39 is 40.1 Å². The maximum atomic E-state index is 13.2. The van der Waals surface area contributed by atoms with E-state index in [1.807, 2.05) is 0 Å². The summed E-state index contributed by atoms with van der Waals surface area (Å²) in [4.78, 5) is 37.1. The van der Waals surface area contributed by atoms with E-state index in [0.717, 1.165) is 6.42 Å². The predicted molar refractivity (Wildman–Crippen MR) is 130 cm³/mol. The number of hydrogen-bond acceptors (Lipinski definition) is 6. The van der Waals surface area contributed by atoms with Gasteiger partial charge in [0.25, 0.3) is 0 Å². The Hall–Kier alpha value is -0.836. The lowest BCUT2D eigenvalue weighted by Gasteiger charge is -2.42. The first-order valence-corrected chi connectivity index (χ1v) is 18.2. The van der Waals surface area contributed by atoms with Gasteiger partial charge in [-0.1, -0.05) is 27.7 Å². The molecular weight excluding hydrogens is 440 g/mol. The van der Waals surface area contributed by atoms with E-state index in [1.54, 1.807) is 0 Å². The van der Waals surface area contributed by atoms with Crippen LogP contribution in [0.5, 0.6) is 0 Å². The third kappa shape index (κ3) is 5.80. The molecule has 0 N–H and O–H groups in total. The Morgan fingerprint density at radius 2 is 1.66 bits per heavy atom. The van der Waals surface area contributed by atoms with Crippen LogP contribution < -0.4 is 0 Å². The Morgan fingerprint density at radius 3 is 2.12 bits per heavy atom. The lowest BCUT2D eigenvalue weighted by atomic mass is 9.77. The maximum absolute atomic E-state index is 13.2. The highest BCUT2D eigenvalue weighted by molar-refractivity contribution is 6.74. The number of fused-ring (bicyclic) bond motifs is 1. The number of carbonyl (C=O) groups excluding carboxylic acids is 3. The molecule has 2 aliphatic carbocycles. The highest BCUT2D eigenvalue weighted by Gasteiger charge is 2.59. The van der Waals surface area contributed by atoms with Crippen molar-refractivity contribution in [1.29, 1.82) is 0 Å². The van der Waals surface area contributed by atoms with E-state index in [0.29, 0.717) is 6.42 Å². The Labute approximate surface area is 196 Å². The van der Waals surface area contributed by atoms with E-state index in [9.17, 15) is 14.4 Å². The molecule has 2 aliphatic rings. The highest BCUT2D eigenvalue weighted by atomic mass is 28.4. The summed E-state index contributed by atoms with van der Waals surface area (Å²) in [5.74, 6) is -1.94. The molecule has 6 nitrogen and oxygen atoms in total. The van der Waals surface area contributed by atoms with Crippen molar-refractivity contribution >= 4 is 34.2 Å². The number of esters is 1. The summed E-state index contributed by atoms with van der Waals surface area (Å²) in [5.41, 5.74) is -0.498. The predicted octanol–water partition coefficient (Wildman–Crippen LogP) is 5.12. The molecule has 32 heavy (non-hydrogen) atoms. The lowest BCUT2D eigenvalue weighted by molar-refractivity contribution is -0.165. The molecule has 0 saturated heterocycles. The summed E-state index contributed by atoms with van der Waals surface area (Å²) < 4.78 is 19.2. The van der Waals surface area contributed by atoms with Crippen molar-refractivity contribution in [3.8, 4) is 0 Å². The van der Waals surface area contributed by atoms with E-state index in [4.69, 9.17) is 13.6 Å². The van der Waals surface area contributed by atoms with E-state index >= 15 is 0 Å². The van der Waals surface area contributed by atoms with Crippen LogP contribution in [0, 0.1) is 17.8 Å². The highest BCUT2D eigenvalue weighted by Crippen LogP contribution is 2.53. The molecule has 2 fully saturated rings. The first kappa shape index (κ1) is 27.4. The molecule has 2 rings (SSSR count). The SMILES string of the molecule is CC(=O)C(=O)O[C@H]1C(=O)CC[C@@](C)(O[Si](C)(C)C)[C@@H]2C[C@H](O[Si](C)(C)C(C)(C)C)[C@@H](C)[C@@H]21. The second-order valence-electron chi connectivity index (χ2n) is 12.6. The summed E-state index contributed by atoms with van der Waals surface area (Å²) in [5, 5.41) is 0.0613. The van der Waals surface area contributed by atoms with Gasteiger partial charge < -0.3 is 13.6 Å². The zero-order valence-electron chi connectivity index (χ0n) is 22.0. The summed E-state index contributed by atoms with van der Waals surface area (Å²) in [6.45, 7) is 23.0. The first-order valence-electron chi connectivity index (χ1n) is 11.9. The average Bonchev–Trinajstić information content (AvgIpc) is 2.86.